The van der Waals surface area contributed by atoms with Crippen molar-refractivity contribution >= 4 is 28.4 Å². The number of pyridine rings is 1. The van der Waals surface area contributed by atoms with Gasteiger partial charge in [0.2, 0.25) is 5.91 Å². The van der Waals surface area contributed by atoms with Crippen LogP contribution in [0.3, 0.4) is 0 Å². The van der Waals surface area contributed by atoms with Crippen molar-refractivity contribution in [2.75, 3.05) is 25.5 Å². The van der Waals surface area contributed by atoms with Crippen molar-refractivity contribution in [1.29, 1.82) is 0 Å². The standard InChI is InChI=1S/C24H25N3O4/c1-31-18-9-7-8-17(14-18)25-22(28)16-27-21-11-4-3-10-19(21)20(15-23(27)29)24(30)26-12-5-2-6-13-26/h3-4,7-11,14-15H,2,5-6,12-13,16H2,1H3,(H,25,28). The number of fused-ring (bicyclic) bond motifs is 1. The number of aromatic nitrogens is 1. The number of anilines is 1. The zero-order valence-electron chi connectivity index (χ0n) is 17.5. The minimum absolute atomic E-state index is 0.124. The normalized spacial score (nSPS) is 13.8. The Morgan fingerprint density at radius 1 is 1.00 bits per heavy atom. The molecular formula is C24H25N3O4. The first-order valence-electron chi connectivity index (χ1n) is 10.4. The summed E-state index contributed by atoms with van der Waals surface area (Å²) in [5.41, 5.74) is 1.17. The summed E-state index contributed by atoms with van der Waals surface area (Å²) in [4.78, 5) is 40.5. The van der Waals surface area contributed by atoms with Crippen LogP contribution in [0.25, 0.3) is 10.9 Å². The molecule has 1 fully saturated rings. The third kappa shape index (κ3) is 4.45. The Morgan fingerprint density at radius 2 is 1.77 bits per heavy atom. The Bertz CT molecular complexity index is 1180. The van der Waals surface area contributed by atoms with Crippen molar-refractivity contribution in [2.24, 2.45) is 0 Å². The lowest BCUT2D eigenvalue weighted by atomic mass is 10.0. The molecule has 1 saturated heterocycles. The lowest BCUT2D eigenvalue weighted by molar-refractivity contribution is -0.116. The predicted octanol–water partition coefficient (Wildman–Crippen LogP) is 3.27. The molecule has 2 aromatic carbocycles. The van der Waals surface area contributed by atoms with Crippen LogP contribution in [0.4, 0.5) is 5.69 Å². The van der Waals surface area contributed by atoms with E-state index in [9.17, 15) is 14.4 Å². The fourth-order valence-corrected chi connectivity index (χ4v) is 3.99. The maximum atomic E-state index is 13.1. The van der Waals surface area contributed by atoms with Crippen LogP contribution in [0.5, 0.6) is 5.75 Å². The molecule has 0 unspecified atom stereocenters. The second kappa shape index (κ2) is 9.04. The minimum Gasteiger partial charge on any atom is -0.497 e. The first kappa shape index (κ1) is 20.7. The molecule has 2 heterocycles. The highest BCUT2D eigenvalue weighted by Crippen LogP contribution is 2.21. The molecule has 7 heteroatoms. The fraction of sp³-hybridized carbons (Fsp3) is 0.292. The summed E-state index contributed by atoms with van der Waals surface area (Å²) >= 11 is 0. The van der Waals surface area contributed by atoms with E-state index in [2.05, 4.69) is 5.32 Å². The van der Waals surface area contributed by atoms with Crippen molar-refractivity contribution in [3.8, 4) is 5.75 Å². The number of carbonyl (C=O) groups is 2. The number of nitrogens with one attached hydrogen (secondary N) is 1. The van der Waals surface area contributed by atoms with Gasteiger partial charge in [0.1, 0.15) is 12.3 Å². The van der Waals surface area contributed by atoms with Crippen molar-refractivity contribution in [3.05, 3.63) is 70.5 Å². The van der Waals surface area contributed by atoms with Gasteiger partial charge in [-0.1, -0.05) is 24.3 Å². The highest BCUT2D eigenvalue weighted by molar-refractivity contribution is 6.06. The van der Waals surface area contributed by atoms with Gasteiger partial charge in [0.05, 0.1) is 18.2 Å². The number of ether oxygens (including phenoxy) is 1. The van der Waals surface area contributed by atoms with E-state index in [1.807, 2.05) is 17.0 Å². The quantitative estimate of drug-likeness (QED) is 0.688. The number of methoxy groups -OCH3 is 1. The number of hydrogen-bond donors (Lipinski definition) is 1. The van der Waals surface area contributed by atoms with Gasteiger partial charge in [0.15, 0.2) is 0 Å². The number of likely N-dealkylation sites (tertiary alicyclic amines) is 1. The van der Waals surface area contributed by atoms with Crippen LogP contribution in [0.1, 0.15) is 29.6 Å². The van der Waals surface area contributed by atoms with Crippen LogP contribution < -0.4 is 15.6 Å². The number of nitrogens with zero attached hydrogens (tertiary/aromatic N) is 2. The van der Waals surface area contributed by atoms with Gasteiger partial charge in [-0.15, -0.1) is 0 Å². The number of carbonyl (C=O) groups excluding carboxylic acids is 2. The average molecular weight is 419 g/mol. The summed E-state index contributed by atoms with van der Waals surface area (Å²) in [6, 6.07) is 15.6. The van der Waals surface area contributed by atoms with Gasteiger partial charge >= 0.3 is 0 Å². The molecule has 7 nitrogen and oxygen atoms in total. The number of hydrogen-bond acceptors (Lipinski definition) is 4. The van der Waals surface area contributed by atoms with Crippen molar-refractivity contribution in [2.45, 2.75) is 25.8 Å². The van der Waals surface area contributed by atoms with Crippen molar-refractivity contribution < 1.29 is 14.3 Å². The monoisotopic (exact) mass is 419 g/mol. The smallest absolute Gasteiger partial charge is 0.254 e. The van der Waals surface area contributed by atoms with Crippen molar-refractivity contribution in [1.82, 2.24) is 9.47 Å². The summed E-state index contributed by atoms with van der Waals surface area (Å²) in [5, 5.41) is 3.47. The molecule has 0 atom stereocenters. The third-order valence-corrected chi connectivity index (χ3v) is 5.55. The zero-order chi connectivity index (χ0) is 21.8. The van der Waals surface area contributed by atoms with E-state index in [1.165, 1.54) is 10.6 Å². The molecule has 2 amide bonds. The Balaban J connectivity index is 1.64. The second-order valence-corrected chi connectivity index (χ2v) is 7.63. The molecule has 160 valence electrons. The molecule has 3 aromatic rings. The van der Waals surface area contributed by atoms with Gasteiger partial charge in [-0.3, -0.25) is 19.0 Å². The molecule has 1 N–H and O–H groups in total. The Kier molecular flexibility index (Phi) is 6.02. The third-order valence-electron chi connectivity index (χ3n) is 5.55. The molecule has 0 radical (unpaired) electrons. The van der Waals surface area contributed by atoms with Crippen LogP contribution in [0, 0.1) is 0 Å². The highest BCUT2D eigenvalue weighted by atomic mass is 16.5. The Labute approximate surface area is 180 Å². The topological polar surface area (TPSA) is 80.6 Å². The minimum atomic E-state index is -0.375. The van der Waals surface area contributed by atoms with E-state index in [0.717, 1.165) is 19.3 Å². The second-order valence-electron chi connectivity index (χ2n) is 7.63. The lowest BCUT2D eigenvalue weighted by Crippen LogP contribution is -2.37. The largest absolute Gasteiger partial charge is 0.497 e. The average Bonchev–Trinajstić information content (AvgIpc) is 2.81. The van der Waals surface area contributed by atoms with Crippen LogP contribution in [-0.2, 0) is 11.3 Å². The van der Waals surface area contributed by atoms with Gasteiger partial charge in [-0.2, -0.15) is 0 Å². The number of para-hydroxylation sites is 1. The van der Waals surface area contributed by atoms with E-state index >= 15 is 0 Å². The predicted molar refractivity (Wildman–Crippen MR) is 120 cm³/mol. The molecule has 0 bridgehead atoms. The zero-order valence-corrected chi connectivity index (χ0v) is 17.5. The van der Waals surface area contributed by atoms with Crippen LogP contribution in [-0.4, -0.2) is 41.5 Å². The fourth-order valence-electron chi connectivity index (χ4n) is 3.99. The molecule has 0 aliphatic carbocycles. The van der Waals surface area contributed by atoms with E-state index < -0.39 is 0 Å². The summed E-state index contributed by atoms with van der Waals surface area (Å²) in [6.45, 7) is 1.26. The summed E-state index contributed by atoms with van der Waals surface area (Å²) < 4.78 is 6.58. The van der Waals surface area contributed by atoms with E-state index in [1.54, 1.807) is 43.5 Å². The van der Waals surface area contributed by atoms with Gasteiger partial charge < -0.3 is 15.0 Å². The molecule has 0 saturated carbocycles. The Morgan fingerprint density at radius 3 is 2.55 bits per heavy atom. The van der Waals surface area contributed by atoms with Gasteiger partial charge in [0.25, 0.3) is 11.5 Å². The molecule has 0 spiro atoms. The maximum absolute atomic E-state index is 13.1. The van der Waals surface area contributed by atoms with Crippen LogP contribution in [0.15, 0.2) is 59.4 Å². The number of rotatable bonds is 5. The molecule has 1 aliphatic rings. The lowest BCUT2D eigenvalue weighted by Gasteiger charge is -2.27. The molecule has 31 heavy (non-hydrogen) atoms. The Hall–Kier alpha value is -3.61. The number of benzene rings is 2. The van der Waals surface area contributed by atoms with E-state index in [-0.39, 0.29) is 23.9 Å². The van der Waals surface area contributed by atoms with Crippen molar-refractivity contribution in [3.63, 3.8) is 0 Å². The number of amides is 2. The van der Waals surface area contributed by atoms with Gasteiger partial charge in [-0.05, 0) is 37.5 Å². The molecule has 4 rings (SSSR count). The summed E-state index contributed by atoms with van der Waals surface area (Å²) in [7, 11) is 1.55. The SMILES string of the molecule is COc1cccc(NC(=O)Cn2c(=O)cc(C(=O)N3CCCCC3)c3ccccc32)c1. The number of piperidine rings is 1. The first-order valence-corrected chi connectivity index (χ1v) is 10.4. The molecule has 1 aliphatic heterocycles. The highest BCUT2D eigenvalue weighted by Gasteiger charge is 2.22. The summed E-state index contributed by atoms with van der Waals surface area (Å²) in [6.07, 6.45) is 3.07. The maximum Gasteiger partial charge on any atom is 0.254 e. The van der Waals surface area contributed by atoms with E-state index in [0.29, 0.717) is 41.0 Å². The van der Waals surface area contributed by atoms with Crippen LogP contribution in [0.2, 0.25) is 0 Å². The van der Waals surface area contributed by atoms with Crippen LogP contribution >= 0.6 is 0 Å². The molecule has 1 aromatic heterocycles. The van der Waals surface area contributed by atoms with Gasteiger partial charge in [0, 0.05) is 36.3 Å². The first-order chi connectivity index (χ1) is 15.1. The van der Waals surface area contributed by atoms with Gasteiger partial charge in [-0.25, -0.2) is 0 Å². The van der Waals surface area contributed by atoms with E-state index in [4.69, 9.17) is 4.74 Å². The summed E-state index contributed by atoms with van der Waals surface area (Å²) in [5.74, 6) is 0.164. The molecular weight excluding hydrogens is 394 g/mol.